The van der Waals surface area contributed by atoms with E-state index in [0.29, 0.717) is 15.9 Å². The number of anilines is 2. The minimum atomic E-state index is -1.40. The van der Waals surface area contributed by atoms with Crippen molar-refractivity contribution in [1.29, 1.82) is 0 Å². The Kier molecular flexibility index (Phi) is 4.42. The van der Waals surface area contributed by atoms with Gasteiger partial charge in [-0.15, -0.1) is 0 Å². The summed E-state index contributed by atoms with van der Waals surface area (Å²) in [6.07, 6.45) is 0. The second kappa shape index (κ2) is 6.09. The SMILES string of the molecule is COc1cc(Nc2c(F)cc(C(=O)O)cc2F)ccc1Br. The van der Waals surface area contributed by atoms with Crippen LogP contribution in [-0.2, 0) is 0 Å². The molecule has 0 atom stereocenters. The Morgan fingerprint density at radius 3 is 2.38 bits per heavy atom. The number of rotatable bonds is 4. The third-order valence-corrected chi connectivity index (χ3v) is 3.36. The van der Waals surface area contributed by atoms with E-state index >= 15 is 0 Å². The van der Waals surface area contributed by atoms with Crippen molar-refractivity contribution in [2.45, 2.75) is 0 Å². The van der Waals surface area contributed by atoms with Crippen LogP contribution in [0.4, 0.5) is 20.2 Å². The zero-order valence-corrected chi connectivity index (χ0v) is 12.4. The van der Waals surface area contributed by atoms with Gasteiger partial charge in [0.1, 0.15) is 11.4 Å². The van der Waals surface area contributed by atoms with Crippen LogP contribution in [0.1, 0.15) is 10.4 Å². The molecule has 0 radical (unpaired) electrons. The van der Waals surface area contributed by atoms with Crippen molar-refractivity contribution in [2.24, 2.45) is 0 Å². The molecule has 0 spiro atoms. The molecule has 0 saturated heterocycles. The molecule has 0 aromatic heterocycles. The second-order valence-electron chi connectivity index (χ2n) is 4.09. The van der Waals surface area contributed by atoms with Crippen molar-refractivity contribution in [3.8, 4) is 5.75 Å². The van der Waals surface area contributed by atoms with Crippen LogP contribution in [0.5, 0.6) is 5.75 Å². The lowest BCUT2D eigenvalue weighted by Crippen LogP contribution is -2.03. The van der Waals surface area contributed by atoms with E-state index in [4.69, 9.17) is 9.84 Å². The predicted molar refractivity (Wildman–Crippen MR) is 77.3 cm³/mol. The molecule has 0 amide bonds. The number of carboxylic acid groups (broad SMARTS) is 1. The van der Waals surface area contributed by atoms with E-state index in [9.17, 15) is 13.6 Å². The lowest BCUT2D eigenvalue weighted by Gasteiger charge is -2.11. The van der Waals surface area contributed by atoms with Crippen LogP contribution in [0.25, 0.3) is 0 Å². The zero-order chi connectivity index (χ0) is 15.6. The number of benzene rings is 2. The highest BCUT2D eigenvalue weighted by molar-refractivity contribution is 9.10. The molecule has 2 aromatic rings. The molecule has 0 heterocycles. The molecule has 21 heavy (non-hydrogen) atoms. The van der Waals surface area contributed by atoms with Gasteiger partial charge in [0.2, 0.25) is 0 Å². The fourth-order valence-electron chi connectivity index (χ4n) is 1.70. The largest absolute Gasteiger partial charge is 0.495 e. The second-order valence-corrected chi connectivity index (χ2v) is 4.95. The van der Waals surface area contributed by atoms with E-state index in [0.717, 1.165) is 12.1 Å². The van der Waals surface area contributed by atoms with Gasteiger partial charge >= 0.3 is 5.97 Å². The summed E-state index contributed by atoms with van der Waals surface area (Å²) in [6, 6.07) is 6.31. The van der Waals surface area contributed by atoms with E-state index in [1.807, 2.05) is 0 Å². The Hall–Kier alpha value is -2.15. The standard InChI is InChI=1S/C14H10BrF2NO3/c1-21-12-6-8(2-3-9(12)15)18-13-10(16)4-7(14(19)20)5-11(13)17/h2-6,18H,1H3,(H,19,20). The molecular formula is C14H10BrF2NO3. The highest BCUT2D eigenvalue weighted by Gasteiger charge is 2.15. The number of aromatic carboxylic acids is 1. The number of methoxy groups -OCH3 is 1. The number of carboxylic acids is 1. The van der Waals surface area contributed by atoms with Crippen LogP contribution in [0, 0.1) is 11.6 Å². The molecular weight excluding hydrogens is 348 g/mol. The Morgan fingerprint density at radius 1 is 1.24 bits per heavy atom. The summed E-state index contributed by atoms with van der Waals surface area (Å²) < 4.78 is 33.4. The molecule has 110 valence electrons. The number of hydrogen-bond acceptors (Lipinski definition) is 3. The summed E-state index contributed by atoms with van der Waals surface area (Å²) in [4.78, 5) is 10.7. The molecule has 2 N–H and O–H groups in total. The lowest BCUT2D eigenvalue weighted by molar-refractivity contribution is 0.0696. The number of carbonyl (C=O) groups is 1. The first-order valence-electron chi connectivity index (χ1n) is 5.75. The Balaban J connectivity index is 2.38. The molecule has 7 heteroatoms. The molecule has 2 aromatic carbocycles. The van der Waals surface area contributed by atoms with E-state index in [2.05, 4.69) is 21.2 Å². The van der Waals surface area contributed by atoms with Gasteiger partial charge in [-0.1, -0.05) is 0 Å². The number of hydrogen-bond donors (Lipinski definition) is 2. The highest BCUT2D eigenvalue weighted by atomic mass is 79.9. The lowest BCUT2D eigenvalue weighted by atomic mass is 10.1. The van der Waals surface area contributed by atoms with E-state index in [1.54, 1.807) is 18.2 Å². The molecule has 2 rings (SSSR count). The monoisotopic (exact) mass is 357 g/mol. The Bertz CT molecular complexity index is 684. The van der Waals surface area contributed by atoms with Crippen molar-refractivity contribution in [3.05, 3.63) is 52.0 Å². The van der Waals surface area contributed by atoms with Crippen molar-refractivity contribution in [2.75, 3.05) is 12.4 Å². The summed E-state index contributed by atoms with van der Waals surface area (Å²) in [5.74, 6) is -2.89. The van der Waals surface area contributed by atoms with Gasteiger partial charge in [0.05, 0.1) is 17.1 Å². The number of nitrogens with one attached hydrogen (secondary N) is 1. The summed E-state index contributed by atoms with van der Waals surface area (Å²) in [6.45, 7) is 0. The molecule has 0 aliphatic rings. The van der Waals surface area contributed by atoms with Gasteiger partial charge in [0.25, 0.3) is 0 Å². The quantitative estimate of drug-likeness (QED) is 0.861. The third kappa shape index (κ3) is 3.30. The predicted octanol–water partition coefficient (Wildman–Crippen LogP) is 4.18. The van der Waals surface area contributed by atoms with Crippen LogP contribution in [0.2, 0.25) is 0 Å². The van der Waals surface area contributed by atoms with Gasteiger partial charge in [-0.25, -0.2) is 13.6 Å². The summed E-state index contributed by atoms with van der Waals surface area (Å²) in [7, 11) is 1.46. The van der Waals surface area contributed by atoms with Crippen molar-refractivity contribution in [3.63, 3.8) is 0 Å². The van der Waals surface area contributed by atoms with Crippen LogP contribution < -0.4 is 10.1 Å². The van der Waals surface area contributed by atoms with Crippen LogP contribution >= 0.6 is 15.9 Å². The van der Waals surface area contributed by atoms with Crippen LogP contribution in [0.3, 0.4) is 0 Å². The van der Waals surface area contributed by atoms with E-state index < -0.39 is 28.9 Å². The summed E-state index contributed by atoms with van der Waals surface area (Å²) >= 11 is 3.26. The van der Waals surface area contributed by atoms with Crippen molar-refractivity contribution < 1.29 is 23.4 Å². The first-order chi connectivity index (χ1) is 9.92. The Labute approximate surface area is 127 Å². The topological polar surface area (TPSA) is 58.6 Å². The fourth-order valence-corrected chi connectivity index (χ4v) is 2.11. The van der Waals surface area contributed by atoms with Crippen LogP contribution in [0.15, 0.2) is 34.8 Å². The van der Waals surface area contributed by atoms with E-state index in [-0.39, 0.29) is 0 Å². The third-order valence-electron chi connectivity index (χ3n) is 2.71. The van der Waals surface area contributed by atoms with Crippen LogP contribution in [-0.4, -0.2) is 18.2 Å². The van der Waals surface area contributed by atoms with Gasteiger partial charge in [-0.3, -0.25) is 0 Å². The minimum Gasteiger partial charge on any atom is -0.495 e. The summed E-state index contributed by atoms with van der Waals surface area (Å²) in [5.41, 5.74) is -0.482. The van der Waals surface area contributed by atoms with Crippen molar-refractivity contribution in [1.82, 2.24) is 0 Å². The molecule has 4 nitrogen and oxygen atoms in total. The normalized spacial score (nSPS) is 10.3. The summed E-state index contributed by atoms with van der Waals surface area (Å²) in [5, 5.41) is 11.3. The van der Waals surface area contributed by atoms with E-state index in [1.165, 1.54) is 7.11 Å². The van der Waals surface area contributed by atoms with Gasteiger partial charge in [0, 0.05) is 11.8 Å². The molecule has 0 fully saturated rings. The molecule has 0 unspecified atom stereocenters. The smallest absolute Gasteiger partial charge is 0.335 e. The molecule has 0 bridgehead atoms. The maximum Gasteiger partial charge on any atom is 0.335 e. The highest BCUT2D eigenvalue weighted by Crippen LogP contribution is 2.31. The maximum atomic E-state index is 13.8. The number of ether oxygens (including phenoxy) is 1. The minimum absolute atomic E-state index is 0.399. The first-order valence-corrected chi connectivity index (χ1v) is 6.54. The average Bonchev–Trinajstić information content (AvgIpc) is 2.44. The maximum absolute atomic E-state index is 13.8. The van der Waals surface area contributed by atoms with Gasteiger partial charge < -0.3 is 15.2 Å². The molecule has 0 saturated carbocycles. The first kappa shape index (κ1) is 15.2. The van der Waals surface area contributed by atoms with Crippen molar-refractivity contribution >= 4 is 33.3 Å². The fraction of sp³-hybridized carbons (Fsp3) is 0.0714. The molecule has 0 aliphatic carbocycles. The average molecular weight is 358 g/mol. The number of halogens is 3. The van der Waals surface area contributed by atoms with Gasteiger partial charge in [0.15, 0.2) is 11.6 Å². The Morgan fingerprint density at radius 2 is 1.86 bits per heavy atom. The van der Waals surface area contributed by atoms with Gasteiger partial charge in [-0.2, -0.15) is 0 Å². The molecule has 0 aliphatic heterocycles. The zero-order valence-electron chi connectivity index (χ0n) is 10.8. The van der Waals surface area contributed by atoms with Gasteiger partial charge in [-0.05, 0) is 40.2 Å².